The molecule has 0 bridgehead atoms. The summed E-state index contributed by atoms with van der Waals surface area (Å²) in [6, 6.07) is 16.9. The first-order valence-electron chi connectivity index (χ1n) is 11.4. The van der Waals surface area contributed by atoms with Crippen LogP contribution in [0.2, 0.25) is 0 Å². The topological polar surface area (TPSA) is 79.8 Å². The van der Waals surface area contributed by atoms with Crippen LogP contribution in [-0.4, -0.2) is 27.9 Å². The number of hydrogen-bond acceptors (Lipinski definition) is 5. The first kappa shape index (κ1) is 25.0. The fourth-order valence-corrected chi connectivity index (χ4v) is 3.94. The molecule has 1 amide bonds. The number of halogens is 2. The van der Waals surface area contributed by atoms with E-state index in [1.165, 1.54) is 0 Å². The van der Waals surface area contributed by atoms with E-state index in [4.69, 9.17) is 21.6 Å². The standard InChI is InChI=1S/C28H25ClFN5O/c1-4-24(30)23(29)14-17(2)33-27-22-15-20(18-7-9-19(10-8-18)28(36)31-3)11-12-25(22)34-26(35-27)21-6-5-13-32-16-21/h5-16H,4H2,1-3H3,(H,31,36)(H,33,34,35)/b17-14+,24-23-. The van der Waals surface area contributed by atoms with Crippen LogP contribution in [-0.2, 0) is 0 Å². The fraction of sp³-hybridized carbons (Fsp3) is 0.143. The van der Waals surface area contributed by atoms with E-state index in [0.29, 0.717) is 22.9 Å². The third-order valence-corrected chi connectivity index (χ3v) is 5.87. The van der Waals surface area contributed by atoms with E-state index in [9.17, 15) is 9.18 Å². The van der Waals surface area contributed by atoms with Gasteiger partial charge < -0.3 is 10.6 Å². The van der Waals surface area contributed by atoms with Crippen LogP contribution >= 0.6 is 11.6 Å². The van der Waals surface area contributed by atoms with Gasteiger partial charge in [0.1, 0.15) is 11.6 Å². The maximum Gasteiger partial charge on any atom is 0.251 e. The van der Waals surface area contributed by atoms with Gasteiger partial charge in [-0.25, -0.2) is 14.4 Å². The van der Waals surface area contributed by atoms with Crippen molar-refractivity contribution in [2.45, 2.75) is 20.3 Å². The Kier molecular flexibility index (Phi) is 7.71. The average molecular weight is 502 g/mol. The van der Waals surface area contributed by atoms with Crippen LogP contribution in [0.15, 0.2) is 89.6 Å². The van der Waals surface area contributed by atoms with Crippen molar-refractivity contribution >= 4 is 34.2 Å². The number of rotatable bonds is 7. The lowest BCUT2D eigenvalue weighted by Gasteiger charge is -2.13. The summed E-state index contributed by atoms with van der Waals surface area (Å²) in [5, 5.41) is 6.71. The Balaban J connectivity index is 1.81. The normalized spacial score (nSPS) is 12.3. The molecule has 2 aromatic heterocycles. The van der Waals surface area contributed by atoms with Gasteiger partial charge >= 0.3 is 0 Å². The molecule has 4 rings (SSSR count). The van der Waals surface area contributed by atoms with Crippen molar-refractivity contribution in [3.63, 3.8) is 0 Å². The summed E-state index contributed by atoms with van der Waals surface area (Å²) in [7, 11) is 1.60. The van der Waals surface area contributed by atoms with Crippen molar-refractivity contribution in [2.24, 2.45) is 0 Å². The number of carbonyl (C=O) groups excluding carboxylic acids is 1. The summed E-state index contributed by atoms with van der Waals surface area (Å²) in [5.41, 5.74) is 4.58. The quantitative estimate of drug-likeness (QED) is 0.270. The van der Waals surface area contributed by atoms with Crippen LogP contribution in [0.25, 0.3) is 33.4 Å². The molecule has 0 spiro atoms. The summed E-state index contributed by atoms with van der Waals surface area (Å²) in [5.74, 6) is 0.536. The number of allylic oxidation sites excluding steroid dienone is 4. The van der Waals surface area contributed by atoms with Gasteiger partial charge in [0.25, 0.3) is 5.91 Å². The van der Waals surface area contributed by atoms with E-state index in [2.05, 4.69) is 15.6 Å². The van der Waals surface area contributed by atoms with Gasteiger partial charge in [-0.15, -0.1) is 0 Å². The second-order valence-corrected chi connectivity index (χ2v) is 8.49. The maximum atomic E-state index is 13.9. The average Bonchev–Trinajstić information content (AvgIpc) is 2.92. The number of benzene rings is 2. The number of carbonyl (C=O) groups is 1. The van der Waals surface area contributed by atoms with Crippen LogP contribution in [0.1, 0.15) is 30.6 Å². The van der Waals surface area contributed by atoms with Gasteiger partial charge in [-0.2, -0.15) is 0 Å². The van der Waals surface area contributed by atoms with Crippen molar-refractivity contribution in [3.05, 3.63) is 95.2 Å². The van der Waals surface area contributed by atoms with Crippen LogP contribution in [0, 0.1) is 0 Å². The largest absolute Gasteiger partial charge is 0.355 e. The van der Waals surface area contributed by atoms with Gasteiger partial charge in [-0.05, 0) is 66.9 Å². The Morgan fingerprint density at radius 3 is 2.47 bits per heavy atom. The molecular formula is C28H25ClFN5O. The molecule has 8 heteroatoms. The highest BCUT2D eigenvalue weighted by Crippen LogP contribution is 2.31. The van der Waals surface area contributed by atoms with E-state index in [1.54, 1.807) is 51.5 Å². The predicted molar refractivity (Wildman–Crippen MR) is 143 cm³/mol. The van der Waals surface area contributed by atoms with Crippen molar-refractivity contribution in [2.75, 3.05) is 12.4 Å². The number of anilines is 1. The number of fused-ring (bicyclic) bond motifs is 1. The van der Waals surface area contributed by atoms with Gasteiger partial charge in [-0.3, -0.25) is 9.78 Å². The zero-order valence-electron chi connectivity index (χ0n) is 20.1. The second-order valence-electron chi connectivity index (χ2n) is 8.08. The molecule has 0 atom stereocenters. The Morgan fingerprint density at radius 2 is 1.81 bits per heavy atom. The Morgan fingerprint density at radius 1 is 1.06 bits per heavy atom. The Hall–Kier alpha value is -4.10. The first-order chi connectivity index (χ1) is 17.4. The Bertz CT molecular complexity index is 1470. The van der Waals surface area contributed by atoms with E-state index >= 15 is 0 Å². The number of amides is 1. The zero-order chi connectivity index (χ0) is 25.7. The molecule has 2 heterocycles. The third-order valence-electron chi connectivity index (χ3n) is 5.55. The SMILES string of the molecule is CC/C(F)=C(Cl)\C=C(/C)Nc1nc(-c2cccnc2)nc2ccc(-c3ccc(C(=O)NC)cc3)cc12. The molecule has 182 valence electrons. The van der Waals surface area contributed by atoms with Gasteiger partial charge in [0.2, 0.25) is 0 Å². The monoisotopic (exact) mass is 501 g/mol. The predicted octanol–water partition coefficient (Wildman–Crippen LogP) is 6.86. The summed E-state index contributed by atoms with van der Waals surface area (Å²) in [4.78, 5) is 25.6. The lowest BCUT2D eigenvalue weighted by Crippen LogP contribution is -2.17. The highest BCUT2D eigenvalue weighted by Gasteiger charge is 2.13. The molecule has 2 N–H and O–H groups in total. The molecule has 2 aromatic carbocycles. The lowest BCUT2D eigenvalue weighted by atomic mass is 10.0. The molecule has 0 aliphatic carbocycles. The van der Waals surface area contributed by atoms with Gasteiger partial charge in [0.05, 0.1) is 10.5 Å². The zero-order valence-corrected chi connectivity index (χ0v) is 20.9. The number of hydrogen-bond donors (Lipinski definition) is 2. The molecule has 6 nitrogen and oxygen atoms in total. The van der Waals surface area contributed by atoms with E-state index in [0.717, 1.165) is 27.6 Å². The highest BCUT2D eigenvalue weighted by atomic mass is 35.5. The molecule has 0 fully saturated rings. The molecule has 0 saturated heterocycles. The summed E-state index contributed by atoms with van der Waals surface area (Å²) < 4.78 is 13.9. The Labute approximate surface area is 214 Å². The second kappa shape index (κ2) is 11.1. The van der Waals surface area contributed by atoms with Crippen LogP contribution in [0.4, 0.5) is 10.2 Å². The maximum absolute atomic E-state index is 13.9. The highest BCUT2D eigenvalue weighted by molar-refractivity contribution is 6.31. The minimum atomic E-state index is -0.385. The molecule has 0 unspecified atom stereocenters. The summed E-state index contributed by atoms with van der Waals surface area (Å²) in [6.07, 6.45) is 5.15. The van der Waals surface area contributed by atoms with Crippen molar-refractivity contribution in [1.82, 2.24) is 20.3 Å². The summed E-state index contributed by atoms with van der Waals surface area (Å²) in [6.45, 7) is 3.50. The fourth-order valence-electron chi connectivity index (χ4n) is 3.65. The molecule has 36 heavy (non-hydrogen) atoms. The molecule has 4 aromatic rings. The smallest absolute Gasteiger partial charge is 0.251 e. The molecule has 0 aliphatic rings. The molecule has 0 aliphatic heterocycles. The molecular weight excluding hydrogens is 477 g/mol. The molecule has 0 saturated carbocycles. The molecule has 0 radical (unpaired) electrons. The minimum absolute atomic E-state index is 0.0465. The van der Waals surface area contributed by atoms with Gasteiger partial charge in [-0.1, -0.05) is 36.7 Å². The van der Waals surface area contributed by atoms with Crippen molar-refractivity contribution in [3.8, 4) is 22.5 Å². The van der Waals surface area contributed by atoms with Crippen LogP contribution < -0.4 is 10.6 Å². The van der Waals surface area contributed by atoms with E-state index in [-0.39, 0.29) is 23.2 Å². The minimum Gasteiger partial charge on any atom is -0.355 e. The third kappa shape index (κ3) is 5.58. The van der Waals surface area contributed by atoms with E-state index < -0.39 is 0 Å². The number of nitrogens with zero attached hydrogens (tertiary/aromatic N) is 3. The summed E-state index contributed by atoms with van der Waals surface area (Å²) >= 11 is 6.11. The van der Waals surface area contributed by atoms with E-state index in [1.807, 2.05) is 42.5 Å². The number of nitrogens with one attached hydrogen (secondary N) is 2. The number of aromatic nitrogens is 3. The number of pyridine rings is 1. The van der Waals surface area contributed by atoms with Crippen molar-refractivity contribution < 1.29 is 9.18 Å². The van der Waals surface area contributed by atoms with Crippen molar-refractivity contribution in [1.29, 1.82) is 0 Å². The lowest BCUT2D eigenvalue weighted by molar-refractivity contribution is 0.0963. The van der Waals surface area contributed by atoms with Crippen LogP contribution in [0.5, 0.6) is 0 Å². The first-order valence-corrected chi connectivity index (χ1v) is 11.8. The van der Waals surface area contributed by atoms with Crippen LogP contribution in [0.3, 0.4) is 0 Å². The van der Waals surface area contributed by atoms with Gasteiger partial charge in [0, 0.05) is 41.7 Å². The van der Waals surface area contributed by atoms with Gasteiger partial charge in [0.15, 0.2) is 5.82 Å².